The van der Waals surface area contributed by atoms with Crippen molar-refractivity contribution in [3.8, 4) is 16.6 Å². The van der Waals surface area contributed by atoms with Gasteiger partial charge in [-0.1, -0.05) is 17.4 Å². The maximum absolute atomic E-state index is 14.7. The summed E-state index contributed by atoms with van der Waals surface area (Å²) in [6.45, 7) is 5.85. The van der Waals surface area contributed by atoms with Gasteiger partial charge in [0.15, 0.2) is 5.69 Å². The Hall–Kier alpha value is -4.84. The first-order valence-electron chi connectivity index (χ1n) is 14.3. The molecule has 0 bridgehead atoms. The fraction of sp³-hybridized carbons (Fsp3) is 0.400. The SMILES string of the molecule is CC(C)(C)OC(=O)Nc1sc(-c2c(F)cccc2F)nc1C(=O)Nc1cnc2c(c1N1CCC[C@H](NC(=O)O)C1)CCC2C#N. The van der Waals surface area contributed by atoms with Crippen molar-refractivity contribution >= 4 is 45.8 Å². The number of hydrogen-bond acceptors (Lipinski definition) is 9. The van der Waals surface area contributed by atoms with E-state index in [0.29, 0.717) is 61.5 Å². The molecular formula is C30H31F2N7O5S. The number of nitrogens with one attached hydrogen (secondary N) is 3. The molecule has 12 nitrogen and oxygen atoms in total. The molecule has 3 amide bonds. The second-order valence-corrected chi connectivity index (χ2v) is 12.7. The lowest BCUT2D eigenvalue weighted by atomic mass is 10.0. The van der Waals surface area contributed by atoms with Gasteiger partial charge >= 0.3 is 12.2 Å². The summed E-state index contributed by atoms with van der Waals surface area (Å²) in [6, 6.07) is 5.21. The van der Waals surface area contributed by atoms with Crippen LogP contribution in [0.15, 0.2) is 24.4 Å². The van der Waals surface area contributed by atoms with Crippen molar-refractivity contribution in [2.45, 2.75) is 64.0 Å². The van der Waals surface area contributed by atoms with Gasteiger partial charge in [0, 0.05) is 24.7 Å². The van der Waals surface area contributed by atoms with E-state index in [1.165, 1.54) is 12.3 Å². The summed E-state index contributed by atoms with van der Waals surface area (Å²) in [4.78, 5) is 48.6. The number of halogens is 2. The van der Waals surface area contributed by atoms with Crippen molar-refractivity contribution in [2.24, 2.45) is 0 Å². The number of piperidine rings is 1. The van der Waals surface area contributed by atoms with Gasteiger partial charge in [0.25, 0.3) is 5.91 Å². The Morgan fingerprint density at radius 2 is 1.91 bits per heavy atom. The summed E-state index contributed by atoms with van der Waals surface area (Å²) < 4.78 is 34.7. The van der Waals surface area contributed by atoms with Gasteiger partial charge in [-0.25, -0.2) is 23.4 Å². The molecule has 2 aromatic heterocycles. The summed E-state index contributed by atoms with van der Waals surface area (Å²) in [7, 11) is 0. The molecule has 3 heterocycles. The second-order valence-electron chi connectivity index (χ2n) is 11.7. The number of rotatable bonds is 6. The number of hydrogen-bond donors (Lipinski definition) is 4. The van der Waals surface area contributed by atoms with Crippen LogP contribution in [0, 0.1) is 23.0 Å². The maximum Gasteiger partial charge on any atom is 0.412 e. The van der Waals surface area contributed by atoms with Crippen LogP contribution in [0.25, 0.3) is 10.6 Å². The Morgan fingerprint density at radius 3 is 2.58 bits per heavy atom. The molecule has 0 saturated carbocycles. The van der Waals surface area contributed by atoms with Crippen molar-refractivity contribution in [3.05, 3.63) is 53.0 Å². The van der Waals surface area contributed by atoms with Crippen LogP contribution in [0.1, 0.15) is 67.7 Å². The summed E-state index contributed by atoms with van der Waals surface area (Å²) in [5.41, 5.74) is 0.622. The van der Waals surface area contributed by atoms with Gasteiger partial charge < -0.3 is 25.4 Å². The number of carbonyl (C=O) groups excluding carboxylic acids is 2. The average molecular weight is 640 g/mol. The fourth-order valence-corrected chi connectivity index (χ4v) is 6.52. The van der Waals surface area contributed by atoms with E-state index in [4.69, 9.17) is 4.74 Å². The number of thiazole rings is 1. The van der Waals surface area contributed by atoms with Gasteiger partial charge in [0.1, 0.15) is 27.2 Å². The zero-order valence-corrected chi connectivity index (χ0v) is 25.6. The second kappa shape index (κ2) is 12.6. The summed E-state index contributed by atoms with van der Waals surface area (Å²) in [5, 5.41) is 26.5. The molecule has 3 aromatic rings. The minimum Gasteiger partial charge on any atom is -0.465 e. The average Bonchev–Trinajstić information content (AvgIpc) is 3.55. The molecule has 2 atom stereocenters. The van der Waals surface area contributed by atoms with Crippen LogP contribution in [-0.2, 0) is 11.2 Å². The number of fused-ring (bicyclic) bond motifs is 1. The first-order chi connectivity index (χ1) is 21.3. The van der Waals surface area contributed by atoms with Crippen molar-refractivity contribution in [2.75, 3.05) is 28.6 Å². The van der Waals surface area contributed by atoms with Crippen LogP contribution in [0.3, 0.4) is 0 Å². The molecule has 1 unspecified atom stereocenters. The van der Waals surface area contributed by atoms with Crippen molar-refractivity contribution in [1.82, 2.24) is 15.3 Å². The molecule has 1 aliphatic carbocycles. The molecule has 0 radical (unpaired) electrons. The smallest absolute Gasteiger partial charge is 0.412 e. The van der Waals surface area contributed by atoms with Crippen molar-refractivity contribution < 1.29 is 33.0 Å². The zero-order valence-electron chi connectivity index (χ0n) is 24.7. The highest BCUT2D eigenvalue weighted by Gasteiger charge is 2.33. The number of benzene rings is 1. The molecule has 236 valence electrons. The summed E-state index contributed by atoms with van der Waals surface area (Å²) >= 11 is 0.706. The number of nitrogens with zero attached hydrogens (tertiary/aromatic N) is 4. The number of aromatic nitrogens is 2. The van der Waals surface area contributed by atoms with E-state index < -0.39 is 46.8 Å². The normalized spacial score (nSPS) is 17.6. The van der Waals surface area contributed by atoms with Gasteiger partial charge in [-0.15, -0.1) is 0 Å². The lowest BCUT2D eigenvalue weighted by Gasteiger charge is -2.36. The van der Waals surface area contributed by atoms with E-state index in [1.54, 1.807) is 20.8 Å². The van der Waals surface area contributed by atoms with Crippen LogP contribution < -0.4 is 20.9 Å². The molecule has 1 fully saturated rings. The van der Waals surface area contributed by atoms with Crippen molar-refractivity contribution in [3.63, 3.8) is 0 Å². The summed E-state index contributed by atoms with van der Waals surface area (Å²) in [5.74, 6) is -3.02. The van der Waals surface area contributed by atoms with Crippen LogP contribution in [-0.4, -0.2) is 57.9 Å². The molecule has 2 aliphatic rings. The fourth-order valence-electron chi connectivity index (χ4n) is 5.53. The van der Waals surface area contributed by atoms with E-state index in [-0.39, 0.29) is 27.4 Å². The summed E-state index contributed by atoms with van der Waals surface area (Å²) in [6.07, 6.45) is 1.76. The minimum absolute atomic E-state index is 0.0942. The van der Waals surface area contributed by atoms with E-state index in [9.17, 15) is 33.5 Å². The Morgan fingerprint density at radius 1 is 1.18 bits per heavy atom. The molecule has 0 spiro atoms. The van der Waals surface area contributed by atoms with Gasteiger partial charge in [-0.05, 0) is 58.6 Å². The quantitative estimate of drug-likeness (QED) is 0.258. The molecule has 1 aromatic carbocycles. The molecule has 1 aliphatic heterocycles. The van der Waals surface area contributed by atoms with Gasteiger partial charge in [0.05, 0.1) is 40.8 Å². The standard InChI is InChI=1S/C30H31F2N7O5S/c1-30(2,3)44-29(43)38-27-23(37-26(45-27)21-18(31)7-4-8-19(21)32)25(40)36-20-13-34-22-15(12-33)9-10-17(22)24(20)39-11-5-6-16(14-39)35-28(41)42/h4,7-8,13,15-16,35H,5-6,9-11,14H2,1-3H3,(H,36,40)(H,38,43)(H,41,42)/t15?,16-/m0/s1. The lowest BCUT2D eigenvalue weighted by molar-refractivity contribution is 0.0636. The number of pyridine rings is 1. The largest absolute Gasteiger partial charge is 0.465 e. The Balaban J connectivity index is 1.54. The highest BCUT2D eigenvalue weighted by atomic mass is 32.1. The van der Waals surface area contributed by atoms with Crippen LogP contribution in [0.4, 0.5) is 34.7 Å². The molecule has 4 N–H and O–H groups in total. The van der Waals surface area contributed by atoms with E-state index >= 15 is 0 Å². The first-order valence-corrected chi connectivity index (χ1v) is 15.1. The molecule has 45 heavy (non-hydrogen) atoms. The molecule has 5 rings (SSSR count). The highest BCUT2D eigenvalue weighted by molar-refractivity contribution is 7.19. The van der Waals surface area contributed by atoms with E-state index in [0.717, 1.165) is 17.7 Å². The van der Waals surface area contributed by atoms with Crippen LogP contribution >= 0.6 is 11.3 Å². The number of amides is 3. The number of ether oxygens (including phenoxy) is 1. The molecule has 15 heteroatoms. The number of carbonyl (C=O) groups is 3. The van der Waals surface area contributed by atoms with Crippen LogP contribution in [0.5, 0.6) is 0 Å². The van der Waals surface area contributed by atoms with Gasteiger partial charge in [-0.2, -0.15) is 5.26 Å². The van der Waals surface area contributed by atoms with Crippen molar-refractivity contribution in [1.29, 1.82) is 5.26 Å². The number of nitriles is 1. The molecular weight excluding hydrogens is 608 g/mol. The third kappa shape index (κ3) is 6.96. The lowest BCUT2D eigenvalue weighted by Crippen LogP contribution is -2.48. The van der Waals surface area contributed by atoms with Gasteiger partial charge in [-0.3, -0.25) is 15.1 Å². The number of carboxylic acid groups (broad SMARTS) is 1. The van der Waals surface area contributed by atoms with E-state index in [1.807, 2.05) is 4.90 Å². The van der Waals surface area contributed by atoms with E-state index in [2.05, 4.69) is 32.0 Å². The van der Waals surface area contributed by atoms with Gasteiger partial charge in [0.2, 0.25) is 0 Å². The topological polar surface area (TPSA) is 170 Å². The predicted molar refractivity (Wildman–Crippen MR) is 163 cm³/mol. The maximum atomic E-state index is 14.7. The zero-order chi connectivity index (χ0) is 32.5. The monoisotopic (exact) mass is 639 g/mol. The molecule has 1 saturated heterocycles. The number of anilines is 3. The third-order valence-corrected chi connectivity index (χ3v) is 8.29. The Kier molecular flexibility index (Phi) is 8.87. The third-order valence-electron chi connectivity index (χ3n) is 7.30. The minimum atomic E-state index is -1.14. The van der Waals surface area contributed by atoms with Crippen LogP contribution in [0.2, 0.25) is 0 Å². The highest BCUT2D eigenvalue weighted by Crippen LogP contribution is 2.43. The Labute approximate surface area is 261 Å². The first kappa shape index (κ1) is 31.6. The Bertz CT molecular complexity index is 1680. The predicted octanol–water partition coefficient (Wildman–Crippen LogP) is 5.87.